The number of hydrogen-bond donors (Lipinski definition) is 0. The van der Waals surface area contributed by atoms with Crippen molar-refractivity contribution in [2.75, 3.05) is 60.7 Å². The summed E-state index contributed by atoms with van der Waals surface area (Å²) in [4.78, 5) is 37.9. The van der Waals surface area contributed by atoms with E-state index in [0.29, 0.717) is 35.5 Å². The van der Waals surface area contributed by atoms with Crippen molar-refractivity contribution in [2.24, 2.45) is 20.5 Å². The zero-order valence-electron chi connectivity index (χ0n) is 37.7. The van der Waals surface area contributed by atoms with Gasteiger partial charge in [-0.05, 0) is 104 Å². The number of likely N-dealkylation sites (N-methyl/N-ethyl adjacent to an activating group) is 1. The summed E-state index contributed by atoms with van der Waals surface area (Å²) < 4.78 is 45.2. The summed E-state index contributed by atoms with van der Waals surface area (Å²) in [6.07, 6.45) is 8.89. The molecule has 64 heavy (non-hydrogen) atoms. The van der Waals surface area contributed by atoms with E-state index in [0.717, 1.165) is 54.9 Å². The first-order valence-corrected chi connectivity index (χ1v) is 23.5. The summed E-state index contributed by atoms with van der Waals surface area (Å²) in [5.74, 6) is -0.203. The largest absolute Gasteiger partial charge is 0.756 e. The monoisotopic (exact) mass is 901 g/mol. The first kappa shape index (κ1) is 51.3. The Morgan fingerprint density at radius 1 is 0.609 bits per heavy atom. The number of phosphoric ester groups is 1. The van der Waals surface area contributed by atoms with Gasteiger partial charge in [-0.25, -0.2) is 4.79 Å². The van der Waals surface area contributed by atoms with Gasteiger partial charge in [0.1, 0.15) is 31.3 Å². The highest BCUT2D eigenvalue weighted by molar-refractivity contribution is 7.45. The van der Waals surface area contributed by atoms with E-state index in [2.05, 4.69) is 39.5 Å². The normalized spacial score (nSPS) is 13.1. The molecule has 0 saturated carbocycles. The second-order valence-corrected chi connectivity index (χ2v) is 17.7. The minimum Gasteiger partial charge on any atom is -0.756 e. The fourth-order valence-corrected chi connectivity index (χ4v) is 6.62. The molecule has 0 aromatic heterocycles. The van der Waals surface area contributed by atoms with E-state index in [4.69, 9.17) is 28.0 Å². The quantitative estimate of drug-likeness (QED) is 0.0155. The average Bonchev–Trinajstić information content (AvgIpc) is 3.28. The van der Waals surface area contributed by atoms with Crippen molar-refractivity contribution in [3.63, 3.8) is 0 Å². The van der Waals surface area contributed by atoms with Crippen LogP contribution in [0.4, 0.5) is 22.7 Å². The number of azo groups is 2. The summed E-state index contributed by atoms with van der Waals surface area (Å²) in [5.41, 5.74) is 4.13. The molecule has 0 amide bonds. The molecule has 15 nitrogen and oxygen atoms in total. The number of rotatable bonds is 31. The lowest BCUT2D eigenvalue weighted by molar-refractivity contribution is -0.870. The lowest BCUT2D eigenvalue weighted by Gasteiger charge is -2.28. The lowest BCUT2D eigenvalue weighted by Crippen LogP contribution is -2.37. The topological polar surface area (TPSA) is 179 Å². The van der Waals surface area contributed by atoms with Gasteiger partial charge in [0, 0.05) is 6.42 Å². The Morgan fingerprint density at radius 2 is 1.16 bits per heavy atom. The fourth-order valence-electron chi connectivity index (χ4n) is 5.90. The molecule has 0 heterocycles. The Labute approximate surface area is 378 Å². The van der Waals surface area contributed by atoms with Gasteiger partial charge < -0.3 is 37.4 Å². The summed E-state index contributed by atoms with van der Waals surface area (Å²) in [6, 6.07) is 31.7. The van der Waals surface area contributed by atoms with E-state index in [1.165, 1.54) is 31.2 Å². The van der Waals surface area contributed by atoms with Crippen LogP contribution in [0.25, 0.3) is 0 Å². The SMILES string of the molecule is CCCCCCc1ccc(N=Nc2ccc(OCC(=O)O[C@H](COC(=O)CCCCCCCOc3ccc(N=Nc4ccccc4)cc3)COP(=O)([O-])OCC[N+](C)(C)C)cc2)cc1. The Morgan fingerprint density at radius 3 is 1.77 bits per heavy atom. The van der Waals surface area contributed by atoms with Gasteiger partial charge >= 0.3 is 11.9 Å². The molecule has 0 fully saturated rings. The number of unbranched alkanes of at least 4 members (excludes halogenated alkanes) is 7. The molecular weight excluding hydrogens is 838 g/mol. The van der Waals surface area contributed by atoms with Crippen molar-refractivity contribution in [2.45, 2.75) is 83.7 Å². The first-order valence-electron chi connectivity index (χ1n) is 22.0. The van der Waals surface area contributed by atoms with Crippen LogP contribution in [-0.4, -0.2) is 83.2 Å². The van der Waals surface area contributed by atoms with Crippen LogP contribution in [0.5, 0.6) is 11.5 Å². The number of quaternary nitrogens is 1. The molecule has 0 bridgehead atoms. The highest BCUT2D eigenvalue weighted by Crippen LogP contribution is 2.38. The summed E-state index contributed by atoms with van der Waals surface area (Å²) in [5, 5.41) is 17.1. The van der Waals surface area contributed by atoms with E-state index < -0.39 is 45.7 Å². The molecule has 0 aliphatic carbocycles. The zero-order valence-corrected chi connectivity index (χ0v) is 38.6. The molecule has 0 saturated heterocycles. The van der Waals surface area contributed by atoms with E-state index in [-0.39, 0.29) is 13.0 Å². The van der Waals surface area contributed by atoms with Crippen molar-refractivity contribution in [3.8, 4) is 11.5 Å². The van der Waals surface area contributed by atoms with Crippen LogP contribution >= 0.6 is 7.82 Å². The Hall–Kier alpha value is -5.31. The number of ether oxygens (including phenoxy) is 4. The number of phosphoric acid groups is 1. The predicted octanol–water partition coefficient (Wildman–Crippen LogP) is 11.1. The van der Waals surface area contributed by atoms with Crippen molar-refractivity contribution in [3.05, 3.63) is 109 Å². The highest BCUT2D eigenvalue weighted by Gasteiger charge is 2.22. The van der Waals surface area contributed by atoms with Gasteiger partial charge in [0.05, 0.1) is 57.1 Å². The maximum absolute atomic E-state index is 12.8. The van der Waals surface area contributed by atoms with Gasteiger partial charge in [-0.1, -0.05) is 75.8 Å². The Kier molecular flexibility index (Phi) is 22.8. The van der Waals surface area contributed by atoms with Gasteiger partial charge in [0.2, 0.25) is 0 Å². The molecule has 0 spiro atoms. The molecule has 0 aliphatic rings. The minimum absolute atomic E-state index is 0.102. The fraction of sp³-hybridized carbons (Fsp3) is 0.458. The highest BCUT2D eigenvalue weighted by atomic mass is 31.2. The molecule has 0 radical (unpaired) electrons. The van der Waals surface area contributed by atoms with Crippen LogP contribution < -0.4 is 14.4 Å². The number of nitrogens with zero attached hydrogens (tertiary/aromatic N) is 5. The number of esters is 2. The number of carbonyl (C=O) groups excluding carboxylic acids is 2. The maximum Gasteiger partial charge on any atom is 0.344 e. The molecule has 16 heteroatoms. The summed E-state index contributed by atoms with van der Waals surface area (Å²) in [7, 11) is 0.925. The van der Waals surface area contributed by atoms with E-state index in [9.17, 15) is 19.0 Å². The van der Waals surface area contributed by atoms with Crippen LogP contribution in [0.15, 0.2) is 124 Å². The third-order valence-electron chi connectivity index (χ3n) is 9.56. The van der Waals surface area contributed by atoms with Crippen LogP contribution in [0, 0.1) is 0 Å². The second-order valence-electron chi connectivity index (χ2n) is 16.2. The molecule has 1 unspecified atom stereocenters. The minimum atomic E-state index is -4.75. The van der Waals surface area contributed by atoms with Gasteiger partial charge in [0.25, 0.3) is 7.82 Å². The van der Waals surface area contributed by atoms with Gasteiger partial charge in [-0.2, -0.15) is 20.5 Å². The number of benzene rings is 4. The van der Waals surface area contributed by atoms with Gasteiger partial charge in [0.15, 0.2) is 12.7 Å². The zero-order chi connectivity index (χ0) is 45.9. The average molecular weight is 902 g/mol. The van der Waals surface area contributed by atoms with Crippen LogP contribution in [-0.2, 0) is 39.1 Å². The van der Waals surface area contributed by atoms with E-state index >= 15 is 0 Å². The second kappa shape index (κ2) is 28.5. The molecule has 0 aliphatic heterocycles. The van der Waals surface area contributed by atoms with Crippen LogP contribution in [0.2, 0.25) is 0 Å². The number of hydrogen-bond acceptors (Lipinski definition) is 14. The van der Waals surface area contributed by atoms with Crippen molar-refractivity contribution >= 4 is 42.5 Å². The maximum atomic E-state index is 12.8. The van der Waals surface area contributed by atoms with E-state index in [1.807, 2.05) is 87.9 Å². The molecule has 0 N–H and O–H groups in total. The third kappa shape index (κ3) is 22.9. The van der Waals surface area contributed by atoms with Gasteiger partial charge in [-0.3, -0.25) is 9.36 Å². The molecule has 4 rings (SSSR count). The number of aryl methyl sites for hydroxylation is 1. The molecule has 4 aromatic rings. The number of carbonyl (C=O) groups is 2. The van der Waals surface area contributed by atoms with E-state index in [1.54, 1.807) is 24.3 Å². The van der Waals surface area contributed by atoms with Gasteiger partial charge in [-0.15, -0.1) is 0 Å². The molecule has 346 valence electrons. The van der Waals surface area contributed by atoms with Crippen molar-refractivity contribution in [1.29, 1.82) is 0 Å². The van der Waals surface area contributed by atoms with Crippen molar-refractivity contribution < 1.29 is 51.5 Å². The molecule has 2 atom stereocenters. The lowest BCUT2D eigenvalue weighted by atomic mass is 10.1. The Balaban J connectivity index is 1.15. The molecule has 4 aromatic carbocycles. The van der Waals surface area contributed by atoms with Crippen LogP contribution in [0.3, 0.4) is 0 Å². The third-order valence-corrected chi connectivity index (χ3v) is 10.5. The first-order chi connectivity index (χ1) is 30.9. The van der Waals surface area contributed by atoms with Crippen LogP contribution in [0.1, 0.15) is 76.7 Å². The molecular formula is C48H64N5O10P. The van der Waals surface area contributed by atoms with Crippen molar-refractivity contribution in [1.82, 2.24) is 0 Å². The summed E-state index contributed by atoms with van der Waals surface area (Å²) in [6.45, 7) is 1.54. The summed E-state index contributed by atoms with van der Waals surface area (Å²) >= 11 is 0. The standard InChI is InChI=1S/C48H64N5O10P/c1-5-6-7-12-17-39-21-23-41(24-22-39)50-52-43-27-31-45(32-28-43)59-38-48(55)63-46(37-62-64(56,57)61-35-33-53(2,3)4)36-60-47(54)20-15-9-8-10-16-34-58-44-29-25-42(26-30-44)51-49-40-18-13-11-14-19-40/h11,13-14,18-19,21-32,46H,5-10,12,15-17,20,33-38H2,1-4H3/t46-/m1/s1. The Bertz CT molecular complexity index is 2040. The predicted molar refractivity (Wildman–Crippen MR) is 244 cm³/mol. The smallest absolute Gasteiger partial charge is 0.344 e.